The van der Waals surface area contributed by atoms with Gasteiger partial charge in [0, 0.05) is 45.5 Å². The van der Waals surface area contributed by atoms with E-state index in [1.54, 1.807) is 7.11 Å². The Morgan fingerprint density at radius 3 is 2.84 bits per heavy atom. The first kappa shape index (κ1) is 19.4. The molecule has 1 aliphatic heterocycles. The molecule has 1 amide bonds. The number of methoxy groups -OCH3 is 1. The molecule has 9 heteroatoms. The van der Waals surface area contributed by atoms with Crippen molar-refractivity contribution >= 4 is 5.91 Å². The number of H-pyrrole nitrogens is 1. The smallest absolute Gasteiger partial charge is 0.328 e. The van der Waals surface area contributed by atoms with Crippen molar-refractivity contribution in [2.75, 3.05) is 33.4 Å². The Labute approximate surface area is 144 Å². The number of aliphatic hydroxyl groups excluding tert-OH is 2. The van der Waals surface area contributed by atoms with Crippen LogP contribution in [0.2, 0.25) is 0 Å². The second-order valence-electron chi connectivity index (χ2n) is 6.56. The minimum Gasteiger partial charge on any atom is -0.396 e. The number of amides is 1. The molecule has 0 spiro atoms. The molecule has 0 unspecified atom stereocenters. The van der Waals surface area contributed by atoms with Gasteiger partial charge in [0.1, 0.15) is 5.56 Å². The molecule has 1 aromatic heterocycles. The van der Waals surface area contributed by atoms with Crippen molar-refractivity contribution in [3.05, 3.63) is 32.6 Å². The molecule has 0 aromatic carbocycles. The summed E-state index contributed by atoms with van der Waals surface area (Å²) < 4.78 is 6.15. The SMILES string of the molecule is COCCC[C@@]1(CO)CN(C(=O)c2cn(C)c(=O)[nH]c2=O)CC[C@H]1O. The number of rotatable bonds is 6. The molecular weight excluding hydrogens is 330 g/mol. The number of nitrogens with zero attached hydrogens (tertiary/aromatic N) is 2. The molecule has 3 N–H and O–H groups in total. The van der Waals surface area contributed by atoms with Crippen LogP contribution in [0.5, 0.6) is 0 Å². The van der Waals surface area contributed by atoms with Crippen molar-refractivity contribution in [3.63, 3.8) is 0 Å². The molecule has 2 rings (SSSR count). The van der Waals surface area contributed by atoms with E-state index in [1.165, 1.54) is 18.1 Å². The predicted molar refractivity (Wildman–Crippen MR) is 89.5 cm³/mol. The van der Waals surface area contributed by atoms with E-state index in [0.717, 1.165) is 4.57 Å². The van der Waals surface area contributed by atoms with Crippen LogP contribution in [0.3, 0.4) is 0 Å². The largest absolute Gasteiger partial charge is 0.396 e. The molecule has 2 heterocycles. The Hall–Kier alpha value is -1.97. The number of likely N-dealkylation sites (tertiary alicyclic amines) is 1. The number of aryl methyl sites for hydroxylation is 1. The number of piperidine rings is 1. The Bertz CT molecular complexity index is 727. The normalized spacial score (nSPS) is 23.7. The summed E-state index contributed by atoms with van der Waals surface area (Å²) in [6, 6.07) is 0. The van der Waals surface area contributed by atoms with Gasteiger partial charge in [-0.1, -0.05) is 0 Å². The lowest BCUT2D eigenvalue weighted by Gasteiger charge is -2.45. The molecule has 9 nitrogen and oxygen atoms in total. The fourth-order valence-corrected chi connectivity index (χ4v) is 3.26. The summed E-state index contributed by atoms with van der Waals surface area (Å²) in [5.41, 5.74) is -2.32. The van der Waals surface area contributed by atoms with Crippen molar-refractivity contribution in [1.29, 1.82) is 0 Å². The molecular formula is C16H25N3O6. The van der Waals surface area contributed by atoms with Gasteiger partial charge in [-0.15, -0.1) is 0 Å². The highest BCUT2D eigenvalue weighted by atomic mass is 16.5. The van der Waals surface area contributed by atoms with Gasteiger partial charge in [-0.3, -0.25) is 14.6 Å². The first-order chi connectivity index (χ1) is 11.8. The molecule has 0 aliphatic carbocycles. The van der Waals surface area contributed by atoms with Gasteiger partial charge < -0.3 is 24.4 Å². The minimum atomic E-state index is -0.847. The van der Waals surface area contributed by atoms with Crippen LogP contribution in [0.25, 0.3) is 0 Å². The third-order valence-corrected chi connectivity index (χ3v) is 4.85. The lowest BCUT2D eigenvalue weighted by Crippen LogP contribution is -2.56. The lowest BCUT2D eigenvalue weighted by atomic mass is 9.74. The van der Waals surface area contributed by atoms with E-state index in [4.69, 9.17) is 4.74 Å². The van der Waals surface area contributed by atoms with Crippen LogP contribution in [0.15, 0.2) is 15.8 Å². The average Bonchev–Trinajstić information content (AvgIpc) is 2.59. The standard InChI is InChI=1S/C16H25N3O6/c1-18-8-11(13(22)17-15(18)24)14(23)19-6-4-12(21)16(9-19,10-20)5-3-7-25-2/h8,12,20-21H,3-7,9-10H2,1-2H3,(H,17,22,24)/t12-,16+/m1/s1. The summed E-state index contributed by atoms with van der Waals surface area (Å²) in [7, 11) is 3.02. The van der Waals surface area contributed by atoms with E-state index < -0.39 is 28.7 Å². The summed E-state index contributed by atoms with van der Waals surface area (Å²) in [6.07, 6.45) is 1.91. The summed E-state index contributed by atoms with van der Waals surface area (Å²) in [4.78, 5) is 39.7. The molecule has 0 bridgehead atoms. The molecule has 25 heavy (non-hydrogen) atoms. The van der Waals surface area contributed by atoms with Crippen molar-refractivity contribution in [1.82, 2.24) is 14.5 Å². The number of aromatic amines is 1. The second kappa shape index (κ2) is 7.94. The van der Waals surface area contributed by atoms with E-state index in [2.05, 4.69) is 4.98 Å². The molecule has 1 fully saturated rings. The minimum absolute atomic E-state index is 0.134. The Kier molecular flexibility index (Phi) is 6.15. The zero-order valence-corrected chi connectivity index (χ0v) is 14.5. The number of aliphatic hydroxyl groups is 2. The van der Waals surface area contributed by atoms with Crippen molar-refractivity contribution in [2.45, 2.75) is 25.4 Å². The topological polar surface area (TPSA) is 125 Å². The zero-order valence-electron chi connectivity index (χ0n) is 14.5. The van der Waals surface area contributed by atoms with Gasteiger partial charge in [0.2, 0.25) is 0 Å². The predicted octanol–water partition coefficient (Wildman–Crippen LogP) is -1.31. The Morgan fingerprint density at radius 1 is 1.48 bits per heavy atom. The molecule has 1 aromatic rings. The number of carbonyl (C=O) groups is 1. The van der Waals surface area contributed by atoms with Gasteiger partial charge in [-0.2, -0.15) is 0 Å². The summed E-state index contributed by atoms with van der Waals surface area (Å²) in [5, 5.41) is 20.2. The van der Waals surface area contributed by atoms with Crippen LogP contribution >= 0.6 is 0 Å². The Morgan fingerprint density at radius 2 is 2.20 bits per heavy atom. The number of ether oxygens (including phenoxy) is 1. The van der Waals surface area contributed by atoms with Crippen LogP contribution in [0, 0.1) is 5.41 Å². The van der Waals surface area contributed by atoms with E-state index in [-0.39, 0.29) is 25.3 Å². The third kappa shape index (κ3) is 4.00. The number of nitrogens with one attached hydrogen (secondary N) is 1. The first-order valence-corrected chi connectivity index (χ1v) is 8.22. The van der Waals surface area contributed by atoms with E-state index in [0.29, 0.717) is 25.9 Å². The highest BCUT2D eigenvalue weighted by Crippen LogP contribution is 2.35. The molecule has 1 aliphatic rings. The number of hydrogen-bond donors (Lipinski definition) is 3. The van der Waals surface area contributed by atoms with Gasteiger partial charge in [0.05, 0.1) is 12.7 Å². The Balaban J connectivity index is 2.25. The maximum absolute atomic E-state index is 12.7. The zero-order chi connectivity index (χ0) is 18.6. The highest BCUT2D eigenvalue weighted by Gasteiger charge is 2.43. The van der Waals surface area contributed by atoms with Crippen LogP contribution < -0.4 is 11.2 Å². The summed E-state index contributed by atoms with van der Waals surface area (Å²) >= 11 is 0. The lowest BCUT2D eigenvalue weighted by molar-refractivity contribution is -0.0745. The van der Waals surface area contributed by atoms with Crippen molar-refractivity contribution in [2.24, 2.45) is 12.5 Å². The van der Waals surface area contributed by atoms with Crippen LogP contribution in [-0.2, 0) is 11.8 Å². The highest BCUT2D eigenvalue weighted by molar-refractivity contribution is 5.93. The van der Waals surface area contributed by atoms with Gasteiger partial charge in [0.25, 0.3) is 11.5 Å². The summed E-state index contributed by atoms with van der Waals surface area (Å²) in [6.45, 7) is 0.623. The van der Waals surface area contributed by atoms with Gasteiger partial charge in [-0.05, 0) is 19.3 Å². The van der Waals surface area contributed by atoms with Crippen molar-refractivity contribution < 1.29 is 19.7 Å². The second-order valence-corrected chi connectivity index (χ2v) is 6.56. The van der Waals surface area contributed by atoms with E-state index in [1.807, 2.05) is 0 Å². The third-order valence-electron chi connectivity index (χ3n) is 4.85. The van der Waals surface area contributed by atoms with E-state index >= 15 is 0 Å². The average molecular weight is 355 g/mol. The van der Waals surface area contributed by atoms with Crippen LogP contribution in [-0.4, -0.2) is 70.1 Å². The molecule has 2 atom stereocenters. The molecule has 1 saturated heterocycles. The van der Waals surface area contributed by atoms with Crippen LogP contribution in [0.1, 0.15) is 29.6 Å². The van der Waals surface area contributed by atoms with Crippen LogP contribution in [0.4, 0.5) is 0 Å². The first-order valence-electron chi connectivity index (χ1n) is 8.22. The number of aromatic nitrogens is 2. The van der Waals surface area contributed by atoms with E-state index in [9.17, 15) is 24.6 Å². The van der Waals surface area contributed by atoms with Gasteiger partial charge >= 0.3 is 5.69 Å². The van der Waals surface area contributed by atoms with Gasteiger partial charge in [-0.25, -0.2) is 4.79 Å². The number of hydrogen-bond acceptors (Lipinski definition) is 6. The monoisotopic (exact) mass is 355 g/mol. The quantitative estimate of drug-likeness (QED) is 0.544. The van der Waals surface area contributed by atoms with Crippen molar-refractivity contribution in [3.8, 4) is 0 Å². The fraction of sp³-hybridized carbons (Fsp3) is 0.688. The molecule has 0 radical (unpaired) electrons. The molecule has 0 saturated carbocycles. The maximum Gasteiger partial charge on any atom is 0.328 e. The summed E-state index contributed by atoms with van der Waals surface area (Å²) in [5.74, 6) is -0.520. The fourth-order valence-electron chi connectivity index (χ4n) is 3.26. The number of carbonyl (C=O) groups excluding carboxylic acids is 1. The molecule has 140 valence electrons. The maximum atomic E-state index is 12.7. The van der Waals surface area contributed by atoms with Gasteiger partial charge in [0.15, 0.2) is 0 Å².